The van der Waals surface area contributed by atoms with E-state index in [4.69, 9.17) is 4.74 Å². The first kappa shape index (κ1) is 15.6. The molecule has 0 aliphatic heterocycles. The minimum absolute atomic E-state index is 0.122. The van der Waals surface area contributed by atoms with E-state index < -0.39 is 0 Å². The molecule has 0 unspecified atom stereocenters. The molecule has 21 heavy (non-hydrogen) atoms. The summed E-state index contributed by atoms with van der Waals surface area (Å²) in [5.41, 5.74) is 4.34. The number of rotatable bonds is 3. The molecule has 4 heteroatoms. The van der Waals surface area contributed by atoms with Crippen molar-refractivity contribution in [2.45, 2.75) is 20.8 Å². The van der Waals surface area contributed by atoms with Gasteiger partial charge in [-0.1, -0.05) is 28.1 Å². The van der Waals surface area contributed by atoms with Crippen LogP contribution in [0.2, 0.25) is 0 Å². The van der Waals surface area contributed by atoms with Crippen LogP contribution in [0.4, 0.5) is 5.69 Å². The van der Waals surface area contributed by atoms with Crippen LogP contribution in [0.5, 0.6) is 5.75 Å². The van der Waals surface area contributed by atoms with Crippen molar-refractivity contribution in [3.05, 3.63) is 57.1 Å². The maximum Gasteiger partial charge on any atom is 0.255 e. The van der Waals surface area contributed by atoms with E-state index in [2.05, 4.69) is 21.2 Å². The summed E-state index contributed by atoms with van der Waals surface area (Å²) in [5.74, 6) is 0.682. The Kier molecular flexibility index (Phi) is 4.68. The number of nitrogens with one attached hydrogen (secondary N) is 1. The maximum atomic E-state index is 12.5. The van der Waals surface area contributed by atoms with Gasteiger partial charge in [0.15, 0.2) is 0 Å². The van der Waals surface area contributed by atoms with Crippen LogP contribution in [-0.2, 0) is 0 Å². The van der Waals surface area contributed by atoms with Crippen LogP contribution in [0.3, 0.4) is 0 Å². The predicted octanol–water partition coefficient (Wildman–Crippen LogP) is 4.64. The van der Waals surface area contributed by atoms with E-state index in [1.165, 1.54) is 0 Å². The van der Waals surface area contributed by atoms with Crippen LogP contribution in [0.1, 0.15) is 27.0 Å². The molecule has 0 aliphatic rings. The smallest absolute Gasteiger partial charge is 0.255 e. The Morgan fingerprint density at radius 3 is 2.43 bits per heavy atom. The third-order valence-electron chi connectivity index (χ3n) is 3.50. The molecule has 0 bridgehead atoms. The Labute approximate surface area is 133 Å². The molecule has 0 aromatic heterocycles. The molecule has 0 spiro atoms. The van der Waals surface area contributed by atoms with Gasteiger partial charge in [0.05, 0.1) is 7.11 Å². The number of carbonyl (C=O) groups is 1. The highest BCUT2D eigenvalue weighted by atomic mass is 79.9. The summed E-state index contributed by atoms with van der Waals surface area (Å²) in [6, 6.07) is 9.51. The molecule has 0 heterocycles. The molecule has 0 atom stereocenters. The zero-order chi connectivity index (χ0) is 15.6. The normalized spacial score (nSPS) is 10.3. The van der Waals surface area contributed by atoms with E-state index in [0.29, 0.717) is 5.56 Å². The highest BCUT2D eigenvalue weighted by Gasteiger charge is 2.13. The van der Waals surface area contributed by atoms with Crippen LogP contribution >= 0.6 is 15.9 Å². The van der Waals surface area contributed by atoms with Gasteiger partial charge < -0.3 is 10.1 Å². The minimum atomic E-state index is -0.122. The predicted molar refractivity (Wildman–Crippen MR) is 89.3 cm³/mol. The van der Waals surface area contributed by atoms with Gasteiger partial charge in [0, 0.05) is 21.3 Å². The standard InChI is InChI=1S/C17H18BrNO2/c1-10-5-7-13(18)9-14(10)17(20)19-15-8-6-11(2)16(21-4)12(15)3/h5-9H,1-4H3,(H,19,20). The second kappa shape index (κ2) is 6.31. The topological polar surface area (TPSA) is 38.3 Å². The summed E-state index contributed by atoms with van der Waals surface area (Å²) >= 11 is 3.40. The molecule has 0 radical (unpaired) electrons. The van der Waals surface area contributed by atoms with Crippen molar-refractivity contribution < 1.29 is 9.53 Å². The number of hydrogen-bond acceptors (Lipinski definition) is 2. The van der Waals surface area contributed by atoms with Crippen molar-refractivity contribution in [3.8, 4) is 5.75 Å². The Hall–Kier alpha value is -1.81. The fraction of sp³-hybridized carbons (Fsp3) is 0.235. The zero-order valence-electron chi connectivity index (χ0n) is 12.6. The van der Waals surface area contributed by atoms with Gasteiger partial charge >= 0.3 is 0 Å². The lowest BCUT2D eigenvalue weighted by Gasteiger charge is -2.14. The number of benzene rings is 2. The van der Waals surface area contributed by atoms with Crippen LogP contribution in [0.25, 0.3) is 0 Å². The van der Waals surface area contributed by atoms with Crippen molar-refractivity contribution in [3.63, 3.8) is 0 Å². The van der Waals surface area contributed by atoms with Crippen LogP contribution in [0.15, 0.2) is 34.8 Å². The molecule has 1 N–H and O–H groups in total. The Morgan fingerprint density at radius 1 is 1.10 bits per heavy atom. The fourth-order valence-corrected chi connectivity index (χ4v) is 2.67. The van der Waals surface area contributed by atoms with Crippen LogP contribution in [0, 0.1) is 20.8 Å². The third kappa shape index (κ3) is 3.27. The first-order valence-electron chi connectivity index (χ1n) is 6.65. The second-order valence-electron chi connectivity index (χ2n) is 5.00. The zero-order valence-corrected chi connectivity index (χ0v) is 14.2. The van der Waals surface area contributed by atoms with Crippen molar-refractivity contribution in [1.82, 2.24) is 0 Å². The summed E-state index contributed by atoms with van der Waals surface area (Å²) in [7, 11) is 1.64. The molecular weight excluding hydrogens is 330 g/mol. The number of ether oxygens (including phenoxy) is 1. The number of amides is 1. The van der Waals surface area contributed by atoms with E-state index in [0.717, 1.165) is 32.6 Å². The van der Waals surface area contributed by atoms with Crippen molar-refractivity contribution in [2.75, 3.05) is 12.4 Å². The van der Waals surface area contributed by atoms with Gasteiger partial charge in [-0.3, -0.25) is 4.79 Å². The monoisotopic (exact) mass is 347 g/mol. The lowest BCUT2D eigenvalue weighted by Crippen LogP contribution is -2.14. The van der Waals surface area contributed by atoms with Crippen LogP contribution < -0.4 is 10.1 Å². The number of hydrogen-bond donors (Lipinski definition) is 1. The number of halogens is 1. The van der Waals surface area contributed by atoms with Gasteiger partial charge in [-0.2, -0.15) is 0 Å². The number of methoxy groups -OCH3 is 1. The first-order chi connectivity index (χ1) is 9.93. The lowest BCUT2D eigenvalue weighted by atomic mass is 10.1. The lowest BCUT2D eigenvalue weighted by molar-refractivity contribution is 0.102. The first-order valence-corrected chi connectivity index (χ1v) is 7.45. The Morgan fingerprint density at radius 2 is 1.76 bits per heavy atom. The highest BCUT2D eigenvalue weighted by Crippen LogP contribution is 2.29. The summed E-state index contributed by atoms with van der Waals surface area (Å²) in [6.45, 7) is 5.84. The average Bonchev–Trinajstić information content (AvgIpc) is 2.45. The van der Waals surface area contributed by atoms with Gasteiger partial charge in [-0.15, -0.1) is 0 Å². The van der Waals surface area contributed by atoms with Crippen LogP contribution in [-0.4, -0.2) is 13.0 Å². The molecule has 1 amide bonds. The Balaban J connectivity index is 2.34. The van der Waals surface area contributed by atoms with E-state index in [1.807, 2.05) is 51.1 Å². The molecule has 3 nitrogen and oxygen atoms in total. The number of aryl methyl sites for hydroxylation is 2. The maximum absolute atomic E-state index is 12.5. The summed E-state index contributed by atoms with van der Waals surface area (Å²) < 4.78 is 6.27. The quantitative estimate of drug-likeness (QED) is 0.878. The highest BCUT2D eigenvalue weighted by molar-refractivity contribution is 9.10. The molecule has 2 rings (SSSR count). The molecule has 0 fully saturated rings. The summed E-state index contributed by atoms with van der Waals surface area (Å²) in [4.78, 5) is 12.5. The second-order valence-corrected chi connectivity index (χ2v) is 5.92. The molecular formula is C17H18BrNO2. The van der Waals surface area contributed by atoms with E-state index in [9.17, 15) is 4.79 Å². The third-order valence-corrected chi connectivity index (χ3v) is 3.99. The molecule has 0 saturated carbocycles. The average molecular weight is 348 g/mol. The van der Waals surface area contributed by atoms with Gasteiger partial charge in [-0.05, 0) is 50.1 Å². The van der Waals surface area contributed by atoms with Crippen molar-refractivity contribution >= 4 is 27.5 Å². The minimum Gasteiger partial charge on any atom is -0.496 e. The van der Waals surface area contributed by atoms with Gasteiger partial charge in [-0.25, -0.2) is 0 Å². The van der Waals surface area contributed by atoms with Gasteiger partial charge in [0.1, 0.15) is 5.75 Å². The molecule has 110 valence electrons. The molecule has 0 aliphatic carbocycles. The molecule has 2 aromatic rings. The molecule has 0 saturated heterocycles. The van der Waals surface area contributed by atoms with E-state index in [-0.39, 0.29) is 5.91 Å². The Bertz CT molecular complexity index is 695. The van der Waals surface area contributed by atoms with E-state index in [1.54, 1.807) is 7.11 Å². The molecule has 2 aromatic carbocycles. The summed E-state index contributed by atoms with van der Waals surface area (Å²) in [6.07, 6.45) is 0. The summed E-state index contributed by atoms with van der Waals surface area (Å²) in [5, 5.41) is 2.96. The largest absolute Gasteiger partial charge is 0.496 e. The number of anilines is 1. The van der Waals surface area contributed by atoms with Crippen molar-refractivity contribution in [2.24, 2.45) is 0 Å². The van der Waals surface area contributed by atoms with Gasteiger partial charge in [0.2, 0.25) is 0 Å². The van der Waals surface area contributed by atoms with Crippen molar-refractivity contribution in [1.29, 1.82) is 0 Å². The van der Waals surface area contributed by atoms with E-state index >= 15 is 0 Å². The SMILES string of the molecule is COc1c(C)ccc(NC(=O)c2cc(Br)ccc2C)c1C. The number of carbonyl (C=O) groups excluding carboxylic acids is 1. The van der Waals surface area contributed by atoms with Gasteiger partial charge in [0.25, 0.3) is 5.91 Å². The fourth-order valence-electron chi connectivity index (χ4n) is 2.31.